The van der Waals surface area contributed by atoms with E-state index in [4.69, 9.17) is 4.74 Å². The van der Waals surface area contributed by atoms with Crippen LogP contribution in [0, 0.1) is 10.1 Å². The number of ether oxygens (including phenoxy) is 2. The number of primary amides is 1. The molecule has 5 rings (SSSR count). The number of aromatic nitrogens is 3. The highest BCUT2D eigenvalue weighted by Gasteiger charge is 2.23. The van der Waals surface area contributed by atoms with Crippen LogP contribution < -0.4 is 16.7 Å². The SMILES string of the molecule is COC(N)=O.Cn1c(=O)n(C2CCCC2)c2cc(Nc3cc(C4=CCOCC4)cc([N+](=O)[O-])c3)ncc21. The minimum atomic E-state index is -0.745. The number of nitro groups is 1. The third-order valence-corrected chi connectivity index (χ3v) is 6.60. The van der Waals surface area contributed by atoms with Crippen LogP contribution in [0.25, 0.3) is 16.6 Å². The van der Waals surface area contributed by atoms with Gasteiger partial charge in [0.2, 0.25) is 0 Å². The summed E-state index contributed by atoms with van der Waals surface area (Å²) in [7, 11) is 2.99. The maximum atomic E-state index is 12.9. The van der Waals surface area contributed by atoms with Crippen molar-refractivity contribution in [2.75, 3.05) is 25.6 Å². The number of nitro benzene ring substituents is 1. The molecule has 12 heteroatoms. The van der Waals surface area contributed by atoms with Gasteiger partial charge in [0.25, 0.3) is 5.69 Å². The van der Waals surface area contributed by atoms with E-state index in [2.05, 4.69) is 20.8 Å². The van der Waals surface area contributed by atoms with Gasteiger partial charge in [-0.25, -0.2) is 14.6 Å². The molecular formula is C25H30N6O6. The highest BCUT2D eigenvalue weighted by Crippen LogP contribution is 2.33. The van der Waals surface area contributed by atoms with Gasteiger partial charge in [0.1, 0.15) is 5.82 Å². The number of hydrogen-bond acceptors (Lipinski definition) is 8. The number of anilines is 2. The number of carbonyl (C=O) groups excluding carboxylic acids is 1. The molecule has 0 spiro atoms. The van der Waals surface area contributed by atoms with Crippen LogP contribution in [0.15, 0.2) is 41.3 Å². The number of rotatable bonds is 5. The second-order valence-corrected chi connectivity index (χ2v) is 8.94. The summed E-state index contributed by atoms with van der Waals surface area (Å²) in [6.45, 7) is 1.11. The van der Waals surface area contributed by atoms with Gasteiger partial charge in [-0.1, -0.05) is 18.9 Å². The molecule has 0 atom stereocenters. The normalized spacial score (nSPS) is 15.6. The van der Waals surface area contributed by atoms with E-state index in [9.17, 15) is 19.7 Å². The van der Waals surface area contributed by atoms with E-state index in [-0.39, 0.29) is 22.3 Å². The molecule has 1 aromatic carbocycles. The van der Waals surface area contributed by atoms with Gasteiger partial charge in [-0.05, 0) is 36.5 Å². The molecule has 2 aliphatic rings. The first-order chi connectivity index (χ1) is 17.8. The van der Waals surface area contributed by atoms with Crippen LogP contribution in [0.2, 0.25) is 0 Å². The van der Waals surface area contributed by atoms with E-state index in [0.29, 0.717) is 31.1 Å². The Labute approximate surface area is 212 Å². The smallest absolute Gasteiger partial charge is 0.404 e. The van der Waals surface area contributed by atoms with Crippen molar-refractivity contribution < 1.29 is 19.2 Å². The average molecular weight is 511 g/mol. The molecule has 12 nitrogen and oxygen atoms in total. The van der Waals surface area contributed by atoms with Crippen molar-refractivity contribution in [1.29, 1.82) is 0 Å². The number of pyridine rings is 1. The third kappa shape index (κ3) is 5.80. The molecule has 1 saturated carbocycles. The Hall–Kier alpha value is -4.19. The summed E-state index contributed by atoms with van der Waals surface area (Å²) in [4.78, 5) is 37.8. The van der Waals surface area contributed by atoms with Gasteiger partial charge in [-0.15, -0.1) is 0 Å². The Morgan fingerprint density at radius 1 is 1.24 bits per heavy atom. The molecule has 1 fully saturated rings. The Kier molecular flexibility index (Phi) is 7.87. The first kappa shape index (κ1) is 25.9. The first-order valence-electron chi connectivity index (χ1n) is 12.0. The standard InChI is InChI=1S/C23H25N5O4.C2H5NO2/c1-26-21-14-24-22(13-20(21)27(23(26)29)18-4-2-3-5-18)25-17-10-16(11-19(12-17)28(30)31)15-6-8-32-9-7-15;1-5-2(3)4/h6,10-14,18H,2-5,7-9H2,1H3,(H,24,25);1H3,(H2,3,4). The van der Waals surface area contributed by atoms with E-state index in [1.165, 1.54) is 13.2 Å². The molecular weight excluding hydrogens is 480 g/mol. The van der Waals surface area contributed by atoms with Crippen LogP contribution in [0.3, 0.4) is 0 Å². The molecule has 0 bridgehead atoms. The summed E-state index contributed by atoms with van der Waals surface area (Å²) in [5.74, 6) is 0.544. The Morgan fingerprint density at radius 2 is 1.97 bits per heavy atom. The van der Waals surface area contributed by atoms with E-state index in [1.54, 1.807) is 23.9 Å². The molecule has 0 unspecified atom stereocenters. The molecule has 0 saturated heterocycles. The zero-order chi connectivity index (χ0) is 26.5. The topological polar surface area (TPSA) is 157 Å². The van der Waals surface area contributed by atoms with Crippen molar-refractivity contribution >= 4 is 39.9 Å². The minimum absolute atomic E-state index is 0.0149. The van der Waals surface area contributed by atoms with Crippen LogP contribution >= 0.6 is 0 Å². The fourth-order valence-corrected chi connectivity index (χ4v) is 4.75. The molecule has 37 heavy (non-hydrogen) atoms. The van der Waals surface area contributed by atoms with Gasteiger partial charge < -0.3 is 20.5 Å². The lowest BCUT2D eigenvalue weighted by Gasteiger charge is -2.15. The number of nitrogens with one attached hydrogen (secondary N) is 1. The number of benzene rings is 1. The van der Waals surface area contributed by atoms with Crippen LogP contribution in [-0.2, 0) is 16.5 Å². The lowest BCUT2D eigenvalue weighted by molar-refractivity contribution is -0.384. The number of nitrogens with zero attached hydrogens (tertiary/aromatic N) is 4. The second kappa shape index (κ2) is 11.2. The van der Waals surface area contributed by atoms with Gasteiger partial charge >= 0.3 is 11.8 Å². The first-order valence-corrected chi connectivity index (χ1v) is 12.0. The van der Waals surface area contributed by atoms with E-state index >= 15 is 0 Å². The monoisotopic (exact) mass is 510 g/mol. The average Bonchev–Trinajstić information content (AvgIpc) is 3.51. The largest absolute Gasteiger partial charge is 0.453 e. The molecule has 1 amide bonds. The number of nitrogens with two attached hydrogens (primary N) is 1. The summed E-state index contributed by atoms with van der Waals surface area (Å²) >= 11 is 0. The van der Waals surface area contributed by atoms with Crippen molar-refractivity contribution in [1.82, 2.24) is 14.1 Å². The summed E-state index contributed by atoms with van der Waals surface area (Å²) in [6, 6.07) is 7.05. The lowest BCUT2D eigenvalue weighted by atomic mass is 10.0. The highest BCUT2D eigenvalue weighted by molar-refractivity contribution is 5.80. The Bertz CT molecular complexity index is 1400. The fraction of sp³-hybridized carbons (Fsp3) is 0.400. The van der Waals surface area contributed by atoms with Crippen molar-refractivity contribution in [2.45, 2.75) is 38.1 Å². The van der Waals surface area contributed by atoms with Gasteiger partial charge in [0.15, 0.2) is 0 Å². The van der Waals surface area contributed by atoms with Gasteiger partial charge in [0.05, 0.1) is 42.5 Å². The van der Waals surface area contributed by atoms with Crippen LogP contribution in [0.1, 0.15) is 43.7 Å². The number of aryl methyl sites for hydroxylation is 1. The fourth-order valence-electron chi connectivity index (χ4n) is 4.75. The van der Waals surface area contributed by atoms with Gasteiger partial charge in [-0.2, -0.15) is 0 Å². The number of fused-ring (bicyclic) bond motifs is 1. The van der Waals surface area contributed by atoms with E-state index in [1.807, 2.05) is 22.8 Å². The number of hydrogen-bond donors (Lipinski definition) is 2. The molecule has 3 aromatic rings. The molecule has 0 radical (unpaired) electrons. The number of carbonyl (C=O) groups is 1. The van der Waals surface area contributed by atoms with Crippen LogP contribution in [0.5, 0.6) is 0 Å². The summed E-state index contributed by atoms with van der Waals surface area (Å²) in [5.41, 5.74) is 8.44. The molecule has 1 aliphatic heterocycles. The van der Waals surface area contributed by atoms with Crippen LogP contribution in [-0.4, -0.2) is 45.5 Å². The lowest BCUT2D eigenvalue weighted by Crippen LogP contribution is -2.24. The van der Waals surface area contributed by atoms with Crippen molar-refractivity contribution in [3.05, 3.63) is 62.7 Å². The number of methoxy groups -OCH3 is 1. The number of amides is 1. The maximum absolute atomic E-state index is 12.9. The molecule has 3 heterocycles. The molecule has 196 valence electrons. The number of imidazole rings is 1. The van der Waals surface area contributed by atoms with Crippen molar-refractivity contribution in [3.63, 3.8) is 0 Å². The van der Waals surface area contributed by atoms with E-state index < -0.39 is 6.09 Å². The highest BCUT2D eigenvalue weighted by atomic mass is 16.6. The minimum Gasteiger partial charge on any atom is -0.453 e. The van der Waals surface area contributed by atoms with Crippen molar-refractivity contribution in [3.8, 4) is 0 Å². The summed E-state index contributed by atoms with van der Waals surface area (Å²) < 4.78 is 12.8. The molecule has 2 aromatic heterocycles. The maximum Gasteiger partial charge on any atom is 0.404 e. The zero-order valence-electron chi connectivity index (χ0n) is 20.8. The zero-order valence-corrected chi connectivity index (χ0v) is 20.8. The van der Waals surface area contributed by atoms with Crippen LogP contribution in [0.4, 0.5) is 22.0 Å². The Balaban J connectivity index is 0.000000586. The third-order valence-electron chi connectivity index (χ3n) is 6.60. The number of non-ortho nitro benzene ring substituents is 1. The Morgan fingerprint density at radius 3 is 2.59 bits per heavy atom. The van der Waals surface area contributed by atoms with Gasteiger partial charge in [0, 0.05) is 37.0 Å². The summed E-state index contributed by atoms with van der Waals surface area (Å²) in [6.07, 6.45) is 7.86. The summed E-state index contributed by atoms with van der Waals surface area (Å²) in [5, 5.41) is 14.7. The quantitative estimate of drug-likeness (QED) is 0.385. The van der Waals surface area contributed by atoms with Gasteiger partial charge in [-0.3, -0.25) is 19.2 Å². The predicted molar refractivity (Wildman–Crippen MR) is 139 cm³/mol. The molecule has 1 aliphatic carbocycles. The predicted octanol–water partition coefficient (Wildman–Crippen LogP) is 4.02. The molecule has 3 N–H and O–H groups in total. The second-order valence-electron chi connectivity index (χ2n) is 8.94. The van der Waals surface area contributed by atoms with E-state index in [0.717, 1.165) is 47.9 Å². The van der Waals surface area contributed by atoms with Crippen molar-refractivity contribution in [2.24, 2.45) is 12.8 Å².